The molecule has 0 saturated carbocycles. The minimum atomic E-state index is 0.155. The van der Waals surface area contributed by atoms with E-state index in [0.717, 1.165) is 24.1 Å². The van der Waals surface area contributed by atoms with Crippen molar-refractivity contribution in [3.63, 3.8) is 0 Å². The quantitative estimate of drug-likeness (QED) is 0.782. The Labute approximate surface area is 160 Å². The van der Waals surface area contributed by atoms with Crippen LogP contribution >= 0.6 is 11.8 Å². The fourth-order valence-electron chi connectivity index (χ4n) is 4.27. The van der Waals surface area contributed by atoms with E-state index in [9.17, 15) is 4.79 Å². The second kappa shape index (κ2) is 7.85. The van der Waals surface area contributed by atoms with Crippen LogP contribution in [-0.2, 0) is 4.79 Å². The molecule has 2 aliphatic rings. The molecule has 2 fully saturated rings. The Bertz CT molecular complexity index is 765. The summed E-state index contributed by atoms with van der Waals surface area (Å²) in [6.07, 6.45) is 5.50. The van der Waals surface area contributed by atoms with Gasteiger partial charge < -0.3 is 10.6 Å². The van der Waals surface area contributed by atoms with E-state index in [0.29, 0.717) is 24.4 Å². The van der Waals surface area contributed by atoms with Crippen LogP contribution in [0, 0.1) is 12.8 Å². The molecule has 26 heavy (non-hydrogen) atoms. The number of anilines is 1. The van der Waals surface area contributed by atoms with Gasteiger partial charge in [-0.1, -0.05) is 30.0 Å². The summed E-state index contributed by atoms with van der Waals surface area (Å²) in [7, 11) is 0. The lowest BCUT2D eigenvalue weighted by Gasteiger charge is -2.28. The first kappa shape index (κ1) is 17.6. The van der Waals surface area contributed by atoms with E-state index in [2.05, 4.69) is 54.0 Å². The third-order valence-corrected chi connectivity index (χ3v) is 6.49. The summed E-state index contributed by atoms with van der Waals surface area (Å²) < 4.78 is 0. The van der Waals surface area contributed by atoms with Crippen LogP contribution in [0.5, 0.6) is 0 Å². The van der Waals surface area contributed by atoms with Crippen molar-refractivity contribution in [3.05, 3.63) is 54.1 Å². The number of carbonyl (C=O) groups is 1. The van der Waals surface area contributed by atoms with E-state index < -0.39 is 0 Å². The molecule has 2 aromatic carbocycles. The largest absolute Gasteiger partial charge is 0.326 e. The first-order valence-corrected chi connectivity index (χ1v) is 10.4. The van der Waals surface area contributed by atoms with Crippen molar-refractivity contribution in [2.24, 2.45) is 5.92 Å². The molecule has 2 aromatic rings. The predicted octanol–water partition coefficient (Wildman–Crippen LogP) is 5.01. The highest BCUT2D eigenvalue weighted by Gasteiger charge is 2.34. The number of hydrogen-bond donors (Lipinski definition) is 2. The number of fused-ring (bicyclic) bond motifs is 2. The van der Waals surface area contributed by atoms with Crippen molar-refractivity contribution in [2.45, 2.75) is 60.9 Å². The average molecular weight is 367 g/mol. The second-order valence-corrected chi connectivity index (χ2v) is 8.77. The van der Waals surface area contributed by atoms with Gasteiger partial charge in [-0.2, -0.15) is 0 Å². The fraction of sp³-hybridized carbons (Fsp3) is 0.409. The molecule has 2 unspecified atom stereocenters. The molecule has 2 atom stereocenters. The van der Waals surface area contributed by atoms with Crippen LogP contribution < -0.4 is 10.6 Å². The number of benzene rings is 2. The summed E-state index contributed by atoms with van der Waals surface area (Å²) in [5.41, 5.74) is 2.05. The zero-order valence-corrected chi connectivity index (χ0v) is 16.0. The maximum Gasteiger partial charge on any atom is 0.224 e. The van der Waals surface area contributed by atoms with Crippen molar-refractivity contribution in [1.29, 1.82) is 0 Å². The third kappa shape index (κ3) is 4.30. The standard InChI is InChI=1S/C22H26N2OS/c1-15-11-20(26-19-5-3-2-4-6-19)9-10-21(15)24-22(25)14-16-12-17-7-8-18(13-16)23-17/h2-6,9-11,16-18,23H,7-8,12-14H2,1H3,(H,24,25). The highest BCUT2D eigenvalue weighted by atomic mass is 32.2. The zero-order valence-electron chi connectivity index (χ0n) is 15.2. The molecule has 0 aliphatic carbocycles. The predicted molar refractivity (Wildman–Crippen MR) is 108 cm³/mol. The molecule has 0 radical (unpaired) electrons. The Morgan fingerprint density at radius 2 is 1.81 bits per heavy atom. The van der Waals surface area contributed by atoms with Gasteiger partial charge in [0.1, 0.15) is 0 Å². The Kier molecular flexibility index (Phi) is 5.32. The average Bonchev–Trinajstić information content (AvgIpc) is 2.97. The van der Waals surface area contributed by atoms with Gasteiger partial charge in [0, 0.05) is 34.0 Å². The molecular weight excluding hydrogens is 340 g/mol. The molecule has 136 valence electrons. The lowest BCUT2D eigenvalue weighted by atomic mass is 9.89. The number of amides is 1. The highest BCUT2D eigenvalue weighted by molar-refractivity contribution is 7.99. The molecule has 4 heteroatoms. The van der Waals surface area contributed by atoms with Gasteiger partial charge in [-0.15, -0.1) is 0 Å². The minimum absolute atomic E-state index is 0.155. The van der Waals surface area contributed by atoms with Gasteiger partial charge in [0.05, 0.1) is 0 Å². The van der Waals surface area contributed by atoms with E-state index in [-0.39, 0.29) is 5.91 Å². The number of rotatable bonds is 5. The Morgan fingerprint density at radius 3 is 2.50 bits per heavy atom. The number of piperidine rings is 1. The number of hydrogen-bond acceptors (Lipinski definition) is 3. The summed E-state index contributed by atoms with van der Waals surface area (Å²) in [6.45, 7) is 2.06. The van der Waals surface area contributed by atoms with Crippen molar-refractivity contribution in [1.82, 2.24) is 5.32 Å². The maximum atomic E-state index is 12.5. The molecule has 2 aliphatic heterocycles. The molecule has 0 aromatic heterocycles. The summed E-state index contributed by atoms with van der Waals surface area (Å²) in [4.78, 5) is 14.9. The van der Waals surface area contributed by atoms with Gasteiger partial charge in [-0.25, -0.2) is 0 Å². The van der Waals surface area contributed by atoms with Crippen LogP contribution in [0.1, 0.15) is 37.7 Å². The molecule has 2 bridgehead atoms. The molecule has 2 saturated heterocycles. The second-order valence-electron chi connectivity index (χ2n) is 7.62. The van der Waals surface area contributed by atoms with Crippen molar-refractivity contribution in [2.75, 3.05) is 5.32 Å². The van der Waals surface area contributed by atoms with Gasteiger partial charge in [-0.3, -0.25) is 4.79 Å². The van der Waals surface area contributed by atoms with Crippen LogP contribution in [0.4, 0.5) is 5.69 Å². The molecule has 4 rings (SSSR count). The molecule has 2 heterocycles. The lowest BCUT2D eigenvalue weighted by molar-refractivity contribution is -0.117. The molecule has 2 N–H and O–H groups in total. The minimum Gasteiger partial charge on any atom is -0.326 e. The van der Waals surface area contributed by atoms with E-state index in [1.807, 2.05) is 12.1 Å². The van der Waals surface area contributed by atoms with Crippen molar-refractivity contribution < 1.29 is 4.79 Å². The molecule has 3 nitrogen and oxygen atoms in total. The Morgan fingerprint density at radius 1 is 1.08 bits per heavy atom. The smallest absolute Gasteiger partial charge is 0.224 e. The zero-order chi connectivity index (χ0) is 17.9. The normalized spacial score (nSPS) is 24.4. The van der Waals surface area contributed by atoms with Crippen LogP contribution in [0.3, 0.4) is 0 Å². The first-order valence-electron chi connectivity index (χ1n) is 9.55. The monoisotopic (exact) mass is 366 g/mol. The topological polar surface area (TPSA) is 41.1 Å². The Hall–Kier alpha value is -1.78. The van der Waals surface area contributed by atoms with Crippen LogP contribution in [0.2, 0.25) is 0 Å². The summed E-state index contributed by atoms with van der Waals surface area (Å²) in [5.74, 6) is 0.685. The molecule has 0 spiro atoms. The summed E-state index contributed by atoms with van der Waals surface area (Å²) in [5, 5.41) is 6.77. The summed E-state index contributed by atoms with van der Waals surface area (Å²) in [6, 6.07) is 17.9. The number of nitrogens with one attached hydrogen (secondary N) is 2. The SMILES string of the molecule is Cc1cc(Sc2ccccc2)ccc1NC(=O)CC1CC2CCC(C1)N2. The molecule has 1 amide bonds. The number of carbonyl (C=O) groups excluding carboxylic acids is 1. The van der Waals surface area contributed by atoms with Gasteiger partial charge in [0.15, 0.2) is 0 Å². The van der Waals surface area contributed by atoms with Gasteiger partial charge >= 0.3 is 0 Å². The third-order valence-electron chi connectivity index (χ3n) is 5.50. The van der Waals surface area contributed by atoms with Crippen LogP contribution in [-0.4, -0.2) is 18.0 Å². The van der Waals surface area contributed by atoms with Crippen LogP contribution in [0.25, 0.3) is 0 Å². The lowest BCUT2D eigenvalue weighted by Crippen LogP contribution is -2.39. The summed E-state index contributed by atoms with van der Waals surface area (Å²) >= 11 is 1.75. The van der Waals surface area contributed by atoms with Crippen molar-refractivity contribution >= 4 is 23.4 Å². The highest BCUT2D eigenvalue weighted by Crippen LogP contribution is 2.33. The van der Waals surface area contributed by atoms with E-state index in [1.165, 1.54) is 22.6 Å². The maximum absolute atomic E-state index is 12.5. The van der Waals surface area contributed by atoms with E-state index in [1.54, 1.807) is 11.8 Å². The van der Waals surface area contributed by atoms with Crippen LogP contribution in [0.15, 0.2) is 58.3 Å². The van der Waals surface area contributed by atoms with E-state index >= 15 is 0 Å². The Balaban J connectivity index is 1.35. The molecular formula is C22H26N2OS. The van der Waals surface area contributed by atoms with Crippen molar-refractivity contribution in [3.8, 4) is 0 Å². The van der Waals surface area contributed by atoms with Gasteiger partial charge in [0.25, 0.3) is 0 Å². The first-order chi connectivity index (χ1) is 12.7. The number of aryl methyl sites for hydroxylation is 1. The van der Waals surface area contributed by atoms with E-state index in [4.69, 9.17) is 0 Å². The van der Waals surface area contributed by atoms with Gasteiger partial charge in [0.2, 0.25) is 5.91 Å². The fourth-order valence-corrected chi connectivity index (χ4v) is 5.21. The van der Waals surface area contributed by atoms with Gasteiger partial charge in [-0.05, 0) is 74.4 Å².